The van der Waals surface area contributed by atoms with Gasteiger partial charge >= 0.3 is 7.69 Å². The van der Waals surface area contributed by atoms with Crippen molar-refractivity contribution in [3.05, 3.63) is 59.7 Å². The van der Waals surface area contributed by atoms with Crippen molar-refractivity contribution in [2.24, 2.45) is 22.3 Å². The Hall–Kier alpha value is -5.56. The van der Waals surface area contributed by atoms with E-state index in [9.17, 15) is 19.2 Å². The molecule has 12 N–H and O–H groups in total. The Labute approximate surface area is 359 Å². The van der Waals surface area contributed by atoms with Crippen LogP contribution in [0.2, 0.25) is 0 Å². The van der Waals surface area contributed by atoms with Crippen molar-refractivity contribution < 1.29 is 38.0 Å². The van der Waals surface area contributed by atoms with Crippen LogP contribution in [0.15, 0.2) is 48.5 Å². The number of hydrogen-bond donors (Lipinski definition) is 10. The summed E-state index contributed by atoms with van der Waals surface area (Å²) >= 11 is 0. The third-order valence-corrected chi connectivity index (χ3v) is 11.4. The first-order valence-corrected chi connectivity index (χ1v) is 21.2. The molecule has 334 valence electrons. The lowest BCUT2D eigenvalue weighted by molar-refractivity contribution is -0.146. The van der Waals surface area contributed by atoms with Crippen molar-refractivity contribution in [3.8, 4) is 11.5 Å². The van der Waals surface area contributed by atoms with Crippen LogP contribution in [0.3, 0.4) is 0 Å². The lowest BCUT2D eigenvalue weighted by Gasteiger charge is -2.31. The van der Waals surface area contributed by atoms with Crippen LogP contribution in [0.1, 0.15) is 88.2 Å². The summed E-state index contributed by atoms with van der Waals surface area (Å²) in [6.07, 6.45) is 5.25. The highest BCUT2D eigenvalue weighted by atomic mass is 16.6. The molecule has 2 aliphatic carbocycles. The van der Waals surface area contributed by atoms with E-state index in [1.807, 2.05) is 48.5 Å². The first-order valence-electron chi connectivity index (χ1n) is 21.2. The Morgan fingerprint density at radius 2 is 1.02 bits per heavy atom. The van der Waals surface area contributed by atoms with E-state index in [2.05, 4.69) is 31.9 Å². The van der Waals surface area contributed by atoms with E-state index in [0.29, 0.717) is 90.4 Å². The summed E-state index contributed by atoms with van der Waals surface area (Å²) < 4.78 is 22.8. The van der Waals surface area contributed by atoms with Gasteiger partial charge in [-0.2, -0.15) is 0 Å². The predicted octanol–water partition coefficient (Wildman–Crippen LogP) is 1.55. The van der Waals surface area contributed by atoms with Crippen LogP contribution in [0.5, 0.6) is 11.5 Å². The first-order chi connectivity index (χ1) is 29.4. The average molecular weight is 849 g/mol. The number of carbonyl (C=O) groups is 4. The van der Waals surface area contributed by atoms with Gasteiger partial charge in [0.05, 0.1) is 14.2 Å². The van der Waals surface area contributed by atoms with E-state index in [-0.39, 0.29) is 31.4 Å². The van der Waals surface area contributed by atoms with Crippen molar-refractivity contribution in [2.75, 3.05) is 40.4 Å². The fraction of sp³-hybridized carbons (Fsp3) is 0.571. The number of hydrogen-bond acceptors (Lipinski definition) is 10. The number of rotatable bonds is 26. The summed E-state index contributed by atoms with van der Waals surface area (Å²) in [6, 6.07) is 15.2. The van der Waals surface area contributed by atoms with Gasteiger partial charge in [-0.25, -0.2) is 0 Å². The maximum atomic E-state index is 14.1. The van der Waals surface area contributed by atoms with Crippen molar-refractivity contribution in [3.63, 3.8) is 0 Å². The summed E-state index contributed by atoms with van der Waals surface area (Å²) in [6.45, 7) is 1.36. The van der Waals surface area contributed by atoms with Gasteiger partial charge < -0.3 is 62.2 Å². The second-order valence-corrected chi connectivity index (χ2v) is 15.6. The molecule has 0 spiro atoms. The van der Waals surface area contributed by atoms with Gasteiger partial charge in [0.25, 0.3) is 0 Å². The molecule has 18 nitrogen and oxygen atoms in total. The summed E-state index contributed by atoms with van der Waals surface area (Å²) in [5.41, 5.74) is 10.4. The molecule has 2 saturated carbocycles. The first kappa shape index (κ1) is 48.1. The van der Waals surface area contributed by atoms with Crippen LogP contribution < -0.4 is 52.8 Å². The summed E-state index contributed by atoms with van der Waals surface area (Å²) in [5, 5.41) is 32.4. The molecule has 61 heavy (non-hydrogen) atoms. The Kier molecular flexibility index (Phi) is 19.4. The van der Waals surface area contributed by atoms with E-state index < -0.39 is 35.1 Å². The van der Waals surface area contributed by atoms with Crippen molar-refractivity contribution in [1.29, 1.82) is 10.8 Å². The van der Waals surface area contributed by atoms with Crippen molar-refractivity contribution in [1.82, 2.24) is 31.9 Å². The van der Waals surface area contributed by atoms with Crippen molar-refractivity contribution >= 4 is 43.2 Å². The monoisotopic (exact) mass is 849 g/mol. The molecule has 2 aromatic carbocycles. The third-order valence-electron chi connectivity index (χ3n) is 11.4. The number of nitrogens with one attached hydrogen (secondary N) is 8. The average Bonchev–Trinajstić information content (AvgIpc) is 3.96. The second-order valence-electron chi connectivity index (χ2n) is 15.6. The minimum Gasteiger partial charge on any atom is -0.497 e. The predicted molar refractivity (Wildman–Crippen MR) is 233 cm³/mol. The number of ether oxygens (including phenoxy) is 2. The van der Waals surface area contributed by atoms with Crippen LogP contribution in [0.4, 0.5) is 0 Å². The highest BCUT2D eigenvalue weighted by Crippen LogP contribution is 2.40. The maximum absolute atomic E-state index is 14.1. The zero-order chi connectivity index (χ0) is 44.1. The Morgan fingerprint density at radius 3 is 1.38 bits per heavy atom. The Morgan fingerprint density at radius 1 is 0.623 bits per heavy atom. The van der Waals surface area contributed by atoms with Gasteiger partial charge in [0, 0.05) is 26.2 Å². The molecule has 0 aromatic heterocycles. The van der Waals surface area contributed by atoms with E-state index in [1.54, 1.807) is 14.2 Å². The van der Waals surface area contributed by atoms with Gasteiger partial charge in [-0.3, -0.25) is 30.0 Å². The van der Waals surface area contributed by atoms with Gasteiger partial charge in [-0.05, 0) is 99.6 Å². The van der Waals surface area contributed by atoms with Gasteiger partial charge in [-0.1, -0.05) is 49.9 Å². The molecule has 19 heteroatoms. The summed E-state index contributed by atoms with van der Waals surface area (Å²) in [4.78, 5) is 55.6. The van der Waals surface area contributed by atoms with E-state index in [4.69, 9.17) is 41.1 Å². The Bertz CT molecular complexity index is 1650. The quantitative estimate of drug-likeness (QED) is 0.0161. The highest BCUT2D eigenvalue weighted by molar-refractivity contribution is 6.18. The van der Waals surface area contributed by atoms with Crippen LogP contribution >= 0.6 is 0 Å². The zero-order valence-corrected chi connectivity index (χ0v) is 35.6. The SMILES string of the molecule is COc1cccc(CCNC(=O)C2(C(=O)NC(CCCNC(=N)N)OBOC(CCCNC(=N)N)NC(=O)C3(C(=O)NCCc4cccc(OC)c4)CCCC3)CCCC2)c1. The van der Waals surface area contributed by atoms with E-state index in [0.717, 1.165) is 48.3 Å². The van der Waals surface area contributed by atoms with Gasteiger partial charge in [-0.15, -0.1) is 0 Å². The molecule has 2 fully saturated rings. The standard InChI is InChI=1S/C42H65BN10O8/c1-58-31-13-7-11-29(27-31)17-25-48-35(54)41(19-3-4-20-41)37(56)52-33(15-9-23-50-39(44)45)60-43-61-34(16-10-24-51-40(46)47)53-38(57)42(21-5-6-22-42)36(55)49-26-18-30-12-8-14-32(28-30)59-2/h7-8,11-14,27-28,33-34,43H,3-6,9-10,15-26H2,1-2H3,(H,48,54)(H,49,55)(H,52,56)(H,53,57)(H4,44,45,50)(H4,46,47,51). The van der Waals surface area contributed by atoms with Gasteiger partial charge in [0.2, 0.25) is 23.6 Å². The number of methoxy groups -OCH3 is 2. The molecule has 0 aliphatic heterocycles. The molecule has 2 atom stereocenters. The summed E-state index contributed by atoms with van der Waals surface area (Å²) in [7, 11) is 2.84. The largest absolute Gasteiger partial charge is 0.497 e. The molecule has 2 aromatic rings. The molecule has 2 aliphatic rings. The molecule has 4 rings (SSSR count). The lowest BCUT2D eigenvalue weighted by atomic mass is 9.83. The normalized spacial score (nSPS) is 16.0. The topological polar surface area (TPSA) is 277 Å². The number of guanidine groups is 2. The van der Waals surface area contributed by atoms with Gasteiger partial charge in [0.15, 0.2) is 11.9 Å². The second kappa shape index (κ2) is 24.6. The molecule has 2 unspecified atom stereocenters. The molecule has 0 heterocycles. The van der Waals surface area contributed by atoms with E-state index >= 15 is 0 Å². The molecule has 0 radical (unpaired) electrons. The maximum Gasteiger partial charge on any atom is 0.441 e. The molecule has 4 amide bonds. The van der Waals surface area contributed by atoms with Crippen LogP contribution in [0.25, 0.3) is 0 Å². The minimum atomic E-state index is -1.28. The number of amides is 4. The summed E-state index contributed by atoms with van der Waals surface area (Å²) in [5.74, 6) is -0.521. The van der Waals surface area contributed by atoms with E-state index in [1.165, 1.54) is 0 Å². The fourth-order valence-corrected chi connectivity index (χ4v) is 7.89. The molecular weight excluding hydrogens is 783 g/mol. The Balaban J connectivity index is 1.40. The smallest absolute Gasteiger partial charge is 0.441 e. The number of nitrogens with two attached hydrogens (primary N) is 2. The zero-order valence-electron chi connectivity index (χ0n) is 35.6. The lowest BCUT2D eigenvalue weighted by Crippen LogP contribution is -2.54. The van der Waals surface area contributed by atoms with Crippen LogP contribution in [-0.4, -0.2) is 96.1 Å². The molecular formula is C42H65BN10O8. The highest BCUT2D eigenvalue weighted by Gasteiger charge is 2.49. The number of benzene rings is 2. The third kappa shape index (κ3) is 14.8. The van der Waals surface area contributed by atoms with Crippen molar-refractivity contribution in [2.45, 2.75) is 102 Å². The fourth-order valence-electron chi connectivity index (χ4n) is 7.89. The molecule has 0 bridgehead atoms. The van der Waals surface area contributed by atoms with Crippen LogP contribution in [0, 0.1) is 21.6 Å². The van der Waals surface area contributed by atoms with Gasteiger partial charge in [0.1, 0.15) is 34.8 Å². The van der Waals surface area contributed by atoms with Crippen LogP contribution in [-0.2, 0) is 41.3 Å². The number of carbonyl (C=O) groups excluding carboxylic acids is 4. The molecule has 0 saturated heterocycles. The minimum absolute atomic E-state index is 0.191.